The normalized spacial score (nSPS) is 22.2. The van der Waals surface area contributed by atoms with Gasteiger partial charge in [-0.25, -0.2) is 0 Å². The van der Waals surface area contributed by atoms with Gasteiger partial charge in [-0.05, 0) is 63.6 Å². The highest BCUT2D eigenvalue weighted by Crippen LogP contribution is 2.37. The van der Waals surface area contributed by atoms with Gasteiger partial charge in [-0.1, -0.05) is 20.8 Å². The number of rotatable bonds is 8. The van der Waals surface area contributed by atoms with Crippen LogP contribution in [0.25, 0.3) is 0 Å². The van der Waals surface area contributed by atoms with Gasteiger partial charge in [-0.2, -0.15) is 0 Å². The minimum atomic E-state index is -1.98. The standard InChI is InChI=1S/C20H36ClNO5Si/c1-8-25-18(23)15(19(24)26-9-2)12-14-10-11-17(16(21)13-14)22-27-28(6,7)20(3,4)5/h14-16H,8-13H2,1-7H3/b22-17+. The van der Waals surface area contributed by atoms with Crippen LogP contribution in [-0.2, 0) is 23.6 Å². The molecule has 8 heteroatoms. The van der Waals surface area contributed by atoms with Crippen LogP contribution >= 0.6 is 11.6 Å². The molecule has 0 heterocycles. The summed E-state index contributed by atoms with van der Waals surface area (Å²) in [5.74, 6) is -1.80. The van der Waals surface area contributed by atoms with Gasteiger partial charge in [-0.3, -0.25) is 9.59 Å². The molecule has 0 aromatic carbocycles. The van der Waals surface area contributed by atoms with Crippen molar-refractivity contribution in [3.05, 3.63) is 0 Å². The van der Waals surface area contributed by atoms with Gasteiger partial charge in [0.15, 0.2) is 5.92 Å². The number of nitrogens with zero attached hydrogens (tertiary/aromatic N) is 1. The average Bonchev–Trinajstić information content (AvgIpc) is 2.58. The highest BCUT2D eigenvalue weighted by atomic mass is 35.5. The lowest BCUT2D eigenvalue weighted by atomic mass is 9.81. The topological polar surface area (TPSA) is 74.2 Å². The molecule has 1 fully saturated rings. The number of halogens is 1. The van der Waals surface area contributed by atoms with Crippen molar-refractivity contribution < 1.29 is 23.6 Å². The minimum Gasteiger partial charge on any atom is -0.465 e. The molecule has 0 N–H and O–H groups in total. The second kappa shape index (κ2) is 10.6. The zero-order valence-electron chi connectivity index (χ0n) is 18.3. The Bertz CT molecular complexity index is 555. The van der Waals surface area contributed by atoms with Crippen LogP contribution in [0, 0.1) is 11.8 Å². The van der Waals surface area contributed by atoms with Crippen molar-refractivity contribution in [1.29, 1.82) is 0 Å². The first-order chi connectivity index (χ1) is 12.9. The van der Waals surface area contributed by atoms with Crippen LogP contribution in [0.1, 0.15) is 60.3 Å². The molecule has 0 amide bonds. The minimum absolute atomic E-state index is 0.0720. The Morgan fingerprint density at radius 2 is 1.71 bits per heavy atom. The summed E-state index contributed by atoms with van der Waals surface area (Å²) < 4.78 is 16.1. The Balaban J connectivity index is 2.74. The second-order valence-corrected chi connectivity index (χ2v) is 14.1. The van der Waals surface area contributed by atoms with Crippen LogP contribution < -0.4 is 0 Å². The van der Waals surface area contributed by atoms with E-state index >= 15 is 0 Å². The Morgan fingerprint density at radius 1 is 1.18 bits per heavy atom. The van der Waals surface area contributed by atoms with Crippen LogP contribution in [0.3, 0.4) is 0 Å². The number of hydrogen-bond acceptors (Lipinski definition) is 6. The third-order valence-electron chi connectivity index (χ3n) is 5.62. The molecular weight excluding hydrogens is 398 g/mol. The molecule has 0 bridgehead atoms. The van der Waals surface area contributed by atoms with Gasteiger partial charge in [0.05, 0.1) is 24.3 Å². The zero-order chi connectivity index (χ0) is 21.5. The summed E-state index contributed by atoms with van der Waals surface area (Å²) >= 11 is 6.56. The molecule has 0 aromatic rings. The van der Waals surface area contributed by atoms with Gasteiger partial charge in [0.2, 0.25) is 0 Å². The molecule has 162 valence electrons. The molecule has 1 rings (SSSR count). The lowest BCUT2D eigenvalue weighted by Crippen LogP contribution is -2.40. The third-order valence-corrected chi connectivity index (χ3v) is 10.2. The first kappa shape index (κ1) is 25.0. The van der Waals surface area contributed by atoms with Crippen molar-refractivity contribution in [2.75, 3.05) is 13.2 Å². The van der Waals surface area contributed by atoms with Gasteiger partial charge in [0.1, 0.15) is 0 Å². The highest BCUT2D eigenvalue weighted by Gasteiger charge is 2.40. The molecule has 1 saturated carbocycles. The van der Waals surface area contributed by atoms with E-state index in [0.29, 0.717) is 19.3 Å². The smallest absolute Gasteiger partial charge is 0.320 e. The summed E-state index contributed by atoms with van der Waals surface area (Å²) in [5, 5.41) is 4.22. The Labute approximate surface area is 175 Å². The SMILES string of the molecule is CCOC(=O)C(CC1CC/C(=N\O[Si](C)(C)C(C)(C)C)C(Cl)C1)C(=O)OCC. The third kappa shape index (κ3) is 7.06. The summed E-state index contributed by atoms with van der Waals surface area (Å²) in [6, 6.07) is 0. The van der Waals surface area contributed by atoms with Gasteiger partial charge in [0.25, 0.3) is 8.32 Å². The fourth-order valence-electron chi connectivity index (χ4n) is 2.79. The fourth-order valence-corrected chi connectivity index (χ4v) is 3.81. The number of ether oxygens (including phenoxy) is 2. The molecule has 0 spiro atoms. The van der Waals surface area contributed by atoms with Crippen molar-refractivity contribution in [2.45, 2.75) is 83.8 Å². The van der Waals surface area contributed by atoms with Crippen LogP contribution in [-0.4, -0.2) is 44.6 Å². The summed E-state index contributed by atoms with van der Waals surface area (Å²) in [7, 11) is -1.98. The largest absolute Gasteiger partial charge is 0.465 e. The van der Waals surface area contributed by atoms with Crippen molar-refractivity contribution in [3.8, 4) is 0 Å². The van der Waals surface area contributed by atoms with Crippen LogP contribution in [0.4, 0.5) is 0 Å². The number of esters is 2. The van der Waals surface area contributed by atoms with E-state index in [0.717, 1.165) is 12.1 Å². The number of oxime groups is 1. The summed E-state index contributed by atoms with van der Waals surface area (Å²) in [6.45, 7) is 14.7. The molecule has 0 aromatic heterocycles. The van der Waals surface area contributed by atoms with E-state index in [-0.39, 0.29) is 29.5 Å². The van der Waals surface area contributed by atoms with Crippen LogP contribution in [0.2, 0.25) is 18.1 Å². The highest BCUT2D eigenvalue weighted by molar-refractivity contribution is 6.74. The summed E-state index contributed by atoms with van der Waals surface area (Å²) in [6.07, 6.45) is 2.54. The fraction of sp³-hybridized carbons (Fsp3) is 0.850. The van der Waals surface area contributed by atoms with Gasteiger partial charge in [-0.15, -0.1) is 16.8 Å². The molecule has 2 atom stereocenters. The van der Waals surface area contributed by atoms with E-state index in [4.69, 9.17) is 25.6 Å². The summed E-state index contributed by atoms with van der Waals surface area (Å²) in [5.41, 5.74) is 0.853. The molecule has 6 nitrogen and oxygen atoms in total. The molecule has 0 aliphatic heterocycles. The predicted molar refractivity (Wildman–Crippen MR) is 114 cm³/mol. The molecule has 28 heavy (non-hydrogen) atoms. The van der Waals surface area contributed by atoms with E-state index in [1.807, 2.05) is 0 Å². The van der Waals surface area contributed by atoms with Crippen molar-refractivity contribution in [1.82, 2.24) is 0 Å². The van der Waals surface area contributed by atoms with Crippen molar-refractivity contribution >= 4 is 37.6 Å². The van der Waals surface area contributed by atoms with E-state index in [9.17, 15) is 9.59 Å². The quantitative estimate of drug-likeness (QED) is 0.179. The maximum absolute atomic E-state index is 12.2. The molecule has 1 aliphatic carbocycles. The van der Waals surface area contributed by atoms with E-state index in [2.05, 4.69) is 39.0 Å². The molecule has 0 radical (unpaired) electrons. The maximum atomic E-state index is 12.2. The monoisotopic (exact) mass is 433 g/mol. The Kier molecular flexibility index (Phi) is 9.47. The van der Waals surface area contributed by atoms with Gasteiger partial charge < -0.3 is 14.0 Å². The molecular formula is C20H36ClNO5Si. The van der Waals surface area contributed by atoms with Gasteiger partial charge >= 0.3 is 11.9 Å². The average molecular weight is 434 g/mol. The lowest BCUT2D eigenvalue weighted by Gasteiger charge is -2.34. The Hall–Kier alpha value is -1.08. The summed E-state index contributed by atoms with van der Waals surface area (Å²) in [4.78, 5) is 24.4. The number of hydrogen-bond donors (Lipinski definition) is 0. The van der Waals surface area contributed by atoms with Crippen molar-refractivity contribution in [2.24, 2.45) is 17.0 Å². The zero-order valence-corrected chi connectivity index (χ0v) is 20.1. The van der Waals surface area contributed by atoms with Crippen LogP contribution in [0.15, 0.2) is 5.16 Å². The van der Waals surface area contributed by atoms with E-state index in [1.54, 1.807) is 13.8 Å². The second-order valence-electron chi connectivity index (χ2n) is 8.83. The molecule has 2 unspecified atom stereocenters. The molecule has 1 aliphatic rings. The van der Waals surface area contributed by atoms with E-state index in [1.165, 1.54) is 0 Å². The number of carbonyl (C=O) groups is 2. The maximum Gasteiger partial charge on any atom is 0.320 e. The number of alkyl halides is 1. The lowest BCUT2D eigenvalue weighted by molar-refractivity contribution is -0.162. The number of carbonyl (C=O) groups excluding carboxylic acids is 2. The Morgan fingerprint density at radius 3 is 2.14 bits per heavy atom. The van der Waals surface area contributed by atoms with E-state index < -0.39 is 26.2 Å². The van der Waals surface area contributed by atoms with Gasteiger partial charge in [0, 0.05) is 0 Å². The predicted octanol–water partition coefficient (Wildman–Crippen LogP) is 4.90. The van der Waals surface area contributed by atoms with Crippen LogP contribution in [0.5, 0.6) is 0 Å². The van der Waals surface area contributed by atoms with Crippen molar-refractivity contribution in [3.63, 3.8) is 0 Å². The molecule has 0 saturated heterocycles. The first-order valence-corrected chi connectivity index (χ1v) is 13.5. The first-order valence-electron chi connectivity index (χ1n) is 10.1.